The molecule has 2 N–H and O–H groups in total. The summed E-state index contributed by atoms with van der Waals surface area (Å²) in [7, 11) is -3.38. The molecule has 0 aromatic carbocycles. The number of nitrogens with zero attached hydrogens (tertiary/aromatic N) is 1. The summed E-state index contributed by atoms with van der Waals surface area (Å²) in [5.74, 6) is 0.735. The third-order valence-electron chi connectivity index (χ3n) is 5.27. The Morgan fingerprint density at radius 2 is 1.89 bits per heavy atom. The number of carbonyl (C=O) groups is 1. The molecule has 1 aromatic rings. The molecule has 8 heteroatoms. The molecule has 0 saturated heterocycles. The summed E-state index contributed by atoms with van der Waals surface area (Å²) in [6, 6.07) is 5.15. The zero-order valence-corrected chi connectivity index (χ0v) is 17.4. The molecule has 0 radical (unpaired) electrons. The number of rotatable bonds is 8. The molecule has 27 heavy (non-hydrogen) atoms. The molecule has 152 valence electrons. The van der Waals surface area contributed by atoms with Gasteiger partial charge in [-0.3, -0.25) is 4.79 Å². The van der Waals surface area contributed by atoms with Gasteiger partial charge in [-0.2, -0.15) is 4.98 Å². The second kappa shape index (κ2) is 9.01. The molecular weight excluding hydrogens is 366 g/mol. The third kappa shape index (κ3) is 5.65. The Kier molecular flexibility index (Phi) is 7.22. The molecule has 0 atom stereocenters. The standard InChI is InChI=1S/C19H31N3O4S/c1-5-19(3,4)27(24,25)22-15-12-10-14(11-13-15)18(23)21-16-8-7-9-17(20-16)26-6-2/h7-9,14-15,22H,5-6,10-13H2,1-4H3,(H,20,21,23). The summed E-state index contributed by atoms with van der Waals surface area (Å²) in [6.45, 7) is 7.73. The van der Waals surface area contributed by atoms with Gasteiger partial charge in [0.1, 0.15) is 5.82 Å². The smallest absolute Gasteiger partial charge is 0.228 e. The van der Waals surface area contributed by atoms with Gasteiger partial charge in [-0.25, -0.2) is 13.1 Å². The van der Waals surface area contributed by atoms with E-state index in [-0.39, 0.29) is 17.9 Å². The number of carbonyl (C=O) groups excluding carboxylic acids is 1. The van der Waals surface area contributed by atoms with Crippen molar-refractivity contribution in [1.29, 1.82) is 0 Å². The van der Waals surface area contributed by atoms with E-state index in [0.29, 0.717) is 50.4 Å². The topological polar surface area (TPSA) is 97.4 Å². The number of nitrogens with one attached hydrogen (secondary N) is 2. The first-order valence-corrected chi connectivity index (χ1v) is 11.1. The average molecular weight is 398 g/mol. The molecule has 1 fully saturated rings. The van der Waals surface area contributed by atoms with Crippen molar-refractivity contribution in [3.63, 3.8) is 0 Å². The van der Waals surface area contributed by atoms with Gasteiger partial charge in [-0.15, -0.1) is 0 Å². The van der Waals surface area contributed by atoms with Gasteiger partial charge in [0.25, 0.3) is 0 Å². The van der Waals surface area contributed by atoms with Crippen molar-refractivity contribution in [2.45, 2.75) is 70.6 Å². The lowest BCUT2D eigenvalue weighted by atomic mass is 9.86. The average Bonchev–Trinajstić information content (AvgIpc) is 2.62. The Labute approximate surface area is 162 Å². The van der Waals surface area contributed by atoms with E-state index in [1.165, 1.54) is 0 Å². The molecule has 0 bridgehead atoms. The van der Waals surface area contributed by atoms with E-state index in [0.717, 1.165) is 0 Å². The van der Waals surface area contributed by atoms with Crippen molar-refractivity contribution >= 4 is 21.7 Å². The molecule has 0 aliphatic heterocycles. The summed E-state index contributed by atoms with van der Waals surface area (Å²) in [6.07, 6.45) is 3.16. The van der Waals surface area contributed by atoms with Crippen LogP contribution in [-0.2, 0) is 14.8 Å². The predicted molar refractivity (Wildman–Crippen MR) is 106 cm³/mol. The Bertz CT molecular complexity index is 741. The van der Waals surface area contributed by atoms with Crippen molar-refractivity contribution in [1.82, 2.24) is 9.71 Å². The first-order chi connectivity index (χ1) is 12.7. The minimum Gasteiger partial charge on any atom is -0.478 e. The van der Waals surface area contributed by atoms with Crippen LogP contribution < -0.4 is 14.8 Å². The minimum absolute atomic E-state index is 0.0775. The number of aromatic nitrogens is 1. The molecular formula is C19H31N3O4S. The van der Waals surface area contributed by atoms with Gasteiger partial charge in [0.05, 0.1) is 11.4 Å². The lowest BCUT2D eigenvalue weighted by Crippen LogP contribution is -2.47. The largest absolute Gasteiger partial charge is 0.478 e. The molecule has 1 aliphatic carbocycles. The molecule has 7 nitrogen and oxygen atoms in total. The Morgan fingerprint density at radius 3 is 2.48 bits per heavy atom. The molecule has 1 amide bonds. The first-order valence-electron chi connectivity index (χ1n) is 9.61. The third-order valence-corrected chi connectivity index (χ3v) is 7.65. The lowest BCUT2D eigenvalue weighted by molar-refractivity contribution is -0.120. The van der Waals surface area contributed by atoms with Gasteiger partial charge in [-0.05, 0) is 58.9 Å². The number of hydrogen-bond acceptors (Lipinski definition) is 5. The highest BCUT2D eigenvalue weighted by Gasteiger charge is 2.36. The van der Waals surface area contributed by atoms with E-state index < -0.39 is 14.8 Å². The van der Waals surface area contributed by atoms with Crippen molar-refractivity contribution in [2.24, 2.45) is 5.92 Å². The first kappa shape index (κ1) is 21.6. The number of amides is 1. The molecule has 1 saturated carbocycles. The van der Waals surface area contributed by atoms with Crippen LogP contribution >= 0.6 is 0 Å². The molecule has 2 rings (SSSR count). The highest BCUT2D eigenvalue weighted by molar-refractivity contribution is 7.90. The fourth-order valence-corrected chi connectivity index (χ4v) is 4.36. The van der Waals surface area contributed by atoms with Crippen LogP contribution in [0.3, 0.4) is 0 Å². The van der Waals surface area contributed by atoms with Crippen LogP contribution in [0.1, 0.15) is 59.8 Å². The molecule has 1 heterocycles. The van der Waals surface area contributed by atoms with Gasteiger partial charge < -0.3 is 10.1 Å². The maximum absolute atomic E-state index is 12.5. The number of pyridine rings is 1. The van der Waals surface area contributed by atoms with Crippen LogP contribution in [0, 0.1) is 5.92 Å². The van der Waals surface area contributed by atoms with Crippen molar-refractivity contribution in [3.05, 3.63) is 18.2 Å². The Balaban J connectivity index is 1.88. The van der Waals surface area contributed by atoms with Crippen molar-refractivity contribution in [2.75, 3.05) is 11.9 Å². The van der Waals surface area contributed by atoms with Crippen LogP contribution in [0.5, 0.6) is 5.88 Å². The van der Waals surface area contributed by atoms with E-state index >= 15 is 0 Å². The Morgan fingerprint density at radius 1 is 1.22 bits per heavy atom. The quantitative estimate of drug-likeness (QED) is 0.702. The van der Waals surface area contributed by atoms with E-state index in [1.807, 2.05) is 13.8 Å². The maximum atomic E-state index is 12.5. The lowest BCUT2D eigenvalue weighted by Gasteiger charge is -2.31. The van der Waals surface area contributed by atoms with Crippen LogP contribution in [-0.4, -0.2) is 36.7 Å². The van der Waals surface area contributed by atoms with Crippen LogP contribution in [0.25, 0.3) is 0 Å². The second-order valence-electron chi connectivity index (χ2n) is 7.57. The summed E-state index contributed by atoms with van der Waals surface area (Å²) in [4.78, 5) is 16.8. The van der Waals surface area contributed by atoms with Gasteiger partial charge in [0, 0.05) is 18.0 Å². The van der Waals surface area contributed by atoms with Gasteiger partial charge in [-0.1, -0.05) is 13.0 Å². The predicted octanol–water partition coefficient (Wildman–Crippen LogP) is 3.09. The van der Waals surface area contributed by atoms with E-state index in [2.05, 4.69) is 15.0 Å². The summed E-state index contributed by atoms with van der Waals surface area (Å²) in [5, 5.41) is 2.84. The maximum Gasteiger partial charge on any atom is 0.228 e. The van der Waals surface area contributed by atoms with E-state index in [9.17, 15) is 13.2 Å². The normalized spacial score (nSPS) is 20.9. The number of sulfonamides is 1. The van der Waals surface area contributed by atoms with Crippen molar-refractivity contribution in [3.8, 4) is 5.88 Å². The highest BCUT2D eigenvalue weighted by atomic mass is 32.2. The fourth-order valence-electron chi connectivity index (χ4n) is 2.98. The number of anilines is 1. The van der Waals surface area contributed by atoms with Gasteiger partial charge in [0.15, 0.2) is 0 Å². The number of hydrogen-bond donors (Lipinski definition) is 2. The summed E-state index contributed by atoms with van der Waals surface area (Å²) < 4.78 is 32.3. The van der Waals surface area contributed by atoms with Crippen LogP contribution in [0.4, 0.5) is 5.82 Å². The zero-order chi connectivity index (χ0) is 20.1. The molecule has 0 spiro atoms. The summed E-state index contributed by atoms with van der Waals surface area (Å²) >= 11 is 0. The van der Waals surface area contributed by atoms with Gasteiger partial charge in [0.2, 0.25) is 21.8 Å². The van der Waals surface area contributed by atoms with E-state index in [1.54, 1.807) is 32.0 Å². The molecule has 1 aliphatic rings. The highest BCUT2D eigenvalue weighted by Crippen LogP contribution is 2.28. The van der Waals surface area contributed by atoms with Crippen molar-refractivity contribution < 1.29 is 17.9 Å². The SMILES string of the molecule is CCOc1cccc(NC(=O)C2CCC(NS(=O)(=O)C(C)(C)CC)CC2)n1. The zero-order valence-electron chi connectivity index (χ0n) is 16.6. The second-order valence-corrected chi connectivity index (χ2v) is 9.91. The monoisotopic (exact) mass is 397 g/mol. The number of ether oxygens (including phenoxy) is 1. The molecule has 1 aromatic heterocycles. The van der Waals surface area contributed by atoms with Crippen LogP contribution in [0.2, 0.25) is 0 Å². The van der Waals surface area contributed by atoms with Gasteiger partial charge >= 0.3 is 0 Å². The Hall–Kier alpha value is -1.67. The fraction of sp³-hybridized carbons (Fsp3) is 0.684. The van der Waals surface area contributed by atoms with E-state index in [4.69, 9.17) is 4.74 Å². The summed E-state index contributed by atoms with van der Waals surface area (Å²) in [5.41, 5.74) is 0. The minimum atomic E-state index is -3.38. The molecule has 0 unspecified atom stereocenters. The van der Waals surface area contributed by atoms with Crippen LogP contribution in [0.15, 0.2) is 18.2 Å².